The summed E-state index contributed by atoms with van der Waals surface area (Å²) in [6.07, 6.45) is 0.446. The van der Waals surface area contributed by atoms with Crippen molar-refractivity contribution in [3.05, 3.63) is 89.7 Å². The van der Waals surface area contributed by atoms with Gasteiger partial charge in [-0.1, -0.05) is 23.9 Å². The van der Waals surface area contributed by atoms with Crippen molar-refractivity contribution in [1.29, 1.82) is 0 Å². The molecule has 39 heavy (non-hydrogen) atoms. The number of rotatable bonds is 10. The van der Waals surface area contributed by atoms with Gasteiger partial charge >= 0.3 is 5.97 Å². The van der Waals surface area contributed by atoms with Crippen LogP contribution in [0.25, 0.3) is 0 Å². The first-order valence-electron chi connectivity index (χ1n) is 12.4. The van der Waals surface area contributed by atoms with Crippen molar-refractivity contribution in [1.82, 2.24) is 4.90 Å². The summed E-state index contributed by atoms with van der Waals surface area (Å²) in [5.74, 6) is -0.616. The molecule has 2 amide bonds. The van der Waals surface area contributed by atoms with Gasteiger partial charge in [-0.05, 0) is 79.6 Å². The molecule has 0 aromatic heterocycles. The van der Waals surface area contributed by atoms with E-state index in [4.69, 9.17) is 9.47 Å². The molecule has 1 fully saturated rings. The number of amidine groups is 1. The van der Waals surface area contributed by atoms with Gasteiger partial charge in [-0.3, -0.25) is 14.5 Å². The Morgan fingerprint density at radius 1 is 1.03 bits per heavy atom. The van der Waals surface area contributed by atoms with Crippen molar-refractivity contribution in [2.24, 2.45) is 4.99 Å². The van der Waals surface area contributed by atoms with Crippen LogP contribution < -0.4 is 10.1 Å². The molecular formula is C29H28FN3O5S. The first kappa shape index (κ1) is 27.8. The lowest BCUT2D eigenvalue weighted by molar-refractivity contribution is -0.128. The Labute approximate surface area is 230 Å². The summed E-state index contributed by atoms with van der Waals surface area (Å²) in [6, 6.07) is 19.6. The summed E-state index contributed by atoms with van der Waals surface area (Å²) in [6.45, 7) is 2.33. The Balaban J connectivity index is 1.50. The molecule has 4 rings (SSSR count). The molecule has 0 unspecified atom stereocenters. The maximum Gasteiger partial charge on any atom is 0.338 e. The van der Waals surface area contributed by atoms with Crippen LogP contribution >= 0.6 is 11.8 Å². The van der Waals surface area contributed by atoms with Gasteiger partial charge in [-0.2, -0.15) is 0 Å². The van der Waals surface area contributed by atoms with E-state index in [1.54, 1.807) is 79.6 Å². The zero-order chi connectivity index (χ0) is 27.8. The predicted molar refractivity (Wildman–Crippen MR) is 149 cm³/mol. The van der Waals surface area contributed by atoms with Gasteiger partial charge in [0.2, 0.25) is 11.8 Å². The van der Waals surface area contributed by atoms with Crippen LogP contribution in [0.1, 0.15) is 29.3 Å². The fourth-order valence-electron chi connectivity index (χ4n) is 3.87. The second kappa shape index (κ2) is 13.1. The van der Waals surface area contributed by atoms with Gasteiger partial charge in [0.25, 0.3) is 0 Å². The fraction of sp³-hybridized carbons (Fsp3) is 0.241. The maximum atomic E-state index is 13.4. The highest BCUT2D eigenvalue weighted by Crippen LogP contribution is 2.32. The lowest BCUT2D eigenvalue weighted by atomic mass is 10.1. The van der Waals surface area contributed by atoms with E-state index in [9.17, 15) is 18.8 Å². The molecule has 0 radical (unpaired) electrons. The van der Waals surface area contributed by atoms with Gasteiger partial charge in [0.15, 0.2) is 5.17 Å². The van der Waals surface area contributed by atoms with Crippen LogP contribution in [0.3, 0.4) is 0 Å². The molecule has 0 spiro atoms. The first-order chi connectivity index (χ1) is 18.9. The summed E-state index contributed by atoms with van der Waals surface area (Å²) in [5, 5.41) is 2.61. The second-order valence-corrected chi connectivity index (χ2v) is 9.79. The van der Waals surface area contributed by atoms with Gasteiger partial charge in [0.05, 0.1) is 25.0 Å². The van der Waals surface area contributed by atoms with E-state index in [-0.39, 0.29) is 30.7 Å². The number of aliphatic imine (C=N–C) groups is 1. The number of hydrogen-bond donors (Lipinski definition) is 1. The van der Waals surface area contributed by atoms with Gasteiger partial charge in [-0.15, -0.1) is 0 Å². The van der Waals surface area contributed by atoms with Crippen LogP contribution in [0, 0.1) is 5.82 Å². The summed E-state index contributed by atoms with van der Waals surface area (Å²) >= 11 is 1.22. The molecule has 0 bridgehead atoms. The molecule has 1 aliphatic rings. The van der Waals surface area contributed by atoms with Gasteiger partial charge in [0.1, 0.15) is 16.8 Å². The Bertz CT molecular complexity index is 1340. The molecule has 8 nitrogen and oxygen atoms in total. The molecule has 202 valence electrons. The van der Waals surface area contributed by atoms with Crippen molar-refractivity contribution < 1.29 is 28.2 Å². The van der Waals surface area contributed by atoms with E-state index in [0.717, 1.165) is 5.56 Å². The molecule has 1 aliphatic heterocycles. The number of hydrogen-bond acceptors (Lipinski definition) is 7. The normalized spacial score (nSPS) is 15.9. The van der Waals surface area contributed by atoms with E-state index in [0.29, 0.717) is 40.8 Å². The summed E-state index contributed by atoms with van der Waals surface area (Å²) < 4.78 is 23.5. The van der Waals surface area contributed by atoms with E-state index >= 15 is 0 Å². The molecule has 1 N–H and O–H groups in total. The van der Waals surface area contributed by atoms with Gasteiger partial charge in [0, 0.05) is 18.7 Å². The third-order valence-electron chi connectivity index (χ3n) is 5.91. The van der Waals surface area contributed by atoms with Crippen LogP contribution in [0.5, 0.6) is 5.75 Å². The van der Waals surface area contributed by atoms with Crippen molar-refractivity contribution in [3.8, 4) is 5.75 Å². The molecule has 1 atom stereocenters. The van der Waals surface area contributed by atoms with Crippen molar-refractivity contribution in [2.75, 3.05) is 25.6 Å². The van der Waals surface area contributed by atoms with Crippen LogP contribution in [0.15, 0.2) is 77.8 Å². The first-order valence-corrected chi connectivity index (χ1v) is 13.3. The molecule has 1 saturated heterocycles. The lowest BCUT2D eigenvalue weighted by Crippen LogP contribution is -2.35. The SMILES string of the molecule is CCOC(=O)c1ccc(N=C2S[C@H](CC(=O)Nc3ccc(OC)cc3)C(=O)N2CCc2ccc(F)cc2)cc1. The summed E-state index contributed by atoms with van der Waals surface area (Å²) in [7, 11) is 1.56. The molecule has 10 heteroatoms. The topological polar surface area (TPSA) is 97.3 Å². The number of thioether (sulfide) groups is 1. The zero-order valence-corrected chi connectivity index (χ0v) is 22.4. The summed E-state index contributed by atoms with van der Waals surface area (Å²) in [4.78, 5) is 44.3. The monoisotopic (exact) mass is 549 g/mol. The molecule has 0 aliphatic carbocycles. The van der Waals surface area contributed by atoms with E-state index in [1.165, 1.54) is 23.9 Å². The smallest absolute Gasteiger partial charge is 0.338 e. The van der Waals surface area contributed by atoms with Gasteiger partial charge in [-0.25, -0.2) is 14.2 Å². The van der Waals surface area contributed by atoms with Crippen LogP contribution in [-0.4, -0.2) is 53.4 Å². The van der Waals surface area contributed by atoms with Gasteiger partial charge < -0.3 is 14.8 Å². The minimum Gasteiger partial charge on any atom is -0.497 e. The fourth-order valence-corrected chi connectivity index (χ4v) is 5.06. The number of anilines is 1. The van der Waals surface area contributed by atoms with E-state index in [1.807, 2.05) is 0 Å². The number of halogens is 1. The number of methoxy groups -OCH3 is 1. The molecule has 1 heterocycles. The highest BCUT2D eigenvalue weighted by atomic mass is 32.2. The number of ether oxygens (including phenoxy) is 2. The second-order valence-electron chi connectivity index (χ2n) is 8.62. The number of carbonyl (C=O) groups is 3. The summed E-state index contributed by atoms with van der Waals surface area (Å²) in [5.41, 5.74) is 2.42. The van der Waals surface area contributed by atoms with Crippen molar-refractivity contribution in [2.45, 2.75) is 25.0 Å². The number of amides is 2. The third kappa shape index (κ3) is 7.44. The zero-order valence-electron chi connectivity index (χ0n) is 21.6. The maximum absolute atomic E-state index is 13.4. The molecular weight excluding hydrogens is 521 g/mol. The number of benzene rings is 3. The molecule has 3 aromatic carbocycles. The number of nitrogens with zero attached hydrogens (tertiary/aromatic N) is 2. The molecule has 0 saturated carbocycles. The highest BCUT2D eigenvalue weighted by molar-refractivity contribution is 8.15. The Kier molecular flexibility index (Phi) is 9.32. The minimum atomic E-state index is -0.658. The van der Waals surface area contributed by atoms with Crippen LogP contribution in [0.2, 0.25) is 0 Å². The highest BCUT2D eigenvalue weighted by Gasteiger charge is 2.39. The van der Waals surface area contributed by atoms with Crippen molar-refractivity contribution in [3.63, 3.8) is 0 Å². The largest absolute Gasteiger partial charge is 0.497 e. The number of nitrogens with one attached hydrogen (secondary N) is 1. The Morgan fingerprint density at radius 2 is 1.72 bits per heavy atom. The third-order valence-corrected chi connectivity index (χ3v) is 7.08. The van der Waals surface area contributed by atoms with E-state index in [2.05, 4.69) is 10.3 Å². The van der Waals surface area contributed by atoms with Crippen molar-refractivity contribution >= 4 is 46.1 Å². The minimum absolute atomic E-state index is 0.0383. The van der Waals surface area contributed by atoms with Crippen LogP contribution in [-0.2, 0) is 20.7 Å². The average molecular weight is 550 g/mol. The quantitative estimate of drug-likeness (QED) is 0.349. The standard InChI is InChI=1S/C29H28FN3O5S/c1-3-38-28(36)20-6-10-23(11-7-20)32-29-33(17-16-19-4-8-21(30)9-5-19)27(35)25(39-29)18-26(34)31-22-12-14-24(37-2)15-13-22/h4-15,25H,3,16-18H2,1-2H3,(H,31,34)/t25-/m1/s1. The average Bonchev–Trinajstić information content (AvgIpc) is 3.22. The number of esters is 1. The Morgan fingerprint density at radius 3 is 2.36 bits per heavy atom. The molecule has 3 aromatic rings. The number of carbonyl (C=O) groups excluding carboxylic acids is 3. The van der Waals surface area contributed by atoms with Crippen LogP contribution in [0.4, 0.5) is 15.8 Å². The van der Waals surface area contributed by atoms with E-state index < -0.39 is 11.2 Å². The lowest BCUT2D eigenvalue weighted by Gasteiger charge is -2.16. The Hall–Kier alpha value is -4.18. The predicted octanol–water partition coefficient (Wildman–Crippen LogP) is 5.21.